The molecule has 0 aliphatic heterocycles. The van der Waals surface area contributed by atoms with Crippen LogP contribution in [0.25, 0.3) is 0 Å². The number of carbonyl (C=O) groups is 2. The quantitative estimate of drug-likeness (QED) is 0.854. The van der Waals surface area contributed by atoms with Gasteiger partial charge in [0.05, 0.1) is 11.0 Å². The second-order valence-electron chi connectivity index (χ2n) is 4.88. The van der Waals surface area contributed by atoms with Crippen molar-refractivity contribution in [1.82, 2.24) is 10.3 Å². The molecule has 1 aromatic rings. The van der Waals surface area contributed by atoms with E-state index in [1.54, 1.807) is 27.0 Å². The smallest absolute Gasteiger partial charge is 0.408 e. The number of hydrogen-bond donors (Lipinski definition) is 1. The highest BCUT2D eigenvalue weighted by molar-refractivity contribution is 7.11. The lowest BCUT2D eigenvalue weighted by molar-refractivity contribution is -0.108. The van der Waals surface area contributed by atoms with Crippen LogP contribution in [0.15, 0.2) is 6.20 Å². The van der Waals surface area contributed by atoms with Crippen LogP contribution in [0.3, 0.4) is 0 Å². The van der Waals surface area contributed by atoms with Crippen molar-refractivity contribution in [2.45, 2.75) is 45.8 Å². The summed E-state index contributed by atoms with van der Waals surface area (Å²) in [7, 11) is 0. The normalized spacial score (nSPS) is 12.9. The highest BCUT2D eigenvalue weighted by atomic mass is 32.1. The Morgan fingerprint density at radius 3 is 2.72 bits per heavy atom. The zero-order valence-electron chi connectivity index (χ0n) is 11.0. The summed E-state index contributed by atoms with van der Waals surface area (Å²) < 4.78 is 5.16. The predicted octanol–water partition coefficient (Wildman–Crippen LogP) is 2.61. The standard InChI is InChI=1S/C12H18N2O3S/c1-8-13-7-10(18-8)9(5-6-15)14-11(16)17-12(2,3)4/h6-7,9H,5H2,1-4H3,(H,14,16)/t9-/m0/s1. The summed E-state index contributed by atoms with van der Waals surface area (Å²) in [5.74, 6) is 0. The summed E-state index contributed by atoms with van der Waals surface area (Å²) in [5.41, 5.74) is -0.556. The summed E-state index contributed by atoms with van der Waals surface area (Å²) in [5, 5.41) is 3.58. The van der Waals surface area contributed by atoms with Gasteiger partial charge in [0.15, 0.2) is 0 Å². The zero-order chi connectivity index (χ0) is 13.8. The third kappa shape index (κ3) is 4.83. The number of rotatable bonds is 4. The molecule has 0 radical (unpaired) electrons. The van der Waals surface area contributed by atoms with Gasteiger partial charge in [0.2, 0.25) is 0 Å². The number of hydrogen-bond acceptors (Lipinski definition) is 5. The van der Waals surface area contributed by atoms with E-state index in [1.807, 2.05) is 6.92 Å². The fourth-order valence-electron chi connectivity index (χ4n) is 1.33. The van der Waals surface area contributed by atoms with E-state index in [9.17, 15) is 9.59 Å². The fourth-order valence-corrected chi connectivity index (χ4v) is 2.18. The second kappa shape index (κ2) is 5.95. The molecule has 1 atom stereocenters. The molecule has 5 nitrogen and oxygen atoms in total. The molecule has 0 aromatic carbocycles. The molecule has 0 bridgehead atoms. The van der Waals surface area contributed by atoms with Crippen LogP contribution >= 0.6 is 11.3 Å². The molecule has 0 unspecified atom stereocenters. The average molecular weight is 270 g/mol. The molecule has 0 aliphatic carbocycles. The Kier molecular flexibility index (Phi) is 4.84. The number of nitrogens with zero attached hydrogens (tertiary/aromatic N) is 1. The number of nitrogens with one attached hydrogen (secondary N) is 1. The number of amides is 1. The van der Waals surface area contributed by atoms with Crippen molar-refractivity contribution in [3.8, 4) is 0 Å². The van der Waals surface area contributed by atoms with E-state index >= 15 is 0 Å². The molecule has 0 aliphatic rings. The van der Waals surface area contributed by atoms with Gasteiger partial charge in [0, 0.05) is 17.5 Å². The van der Waals surface area contributed by atoms with E-state index in [2.05, 4.69) is 10.3 Å². The predicted molar refractivity (Wildman–Crippen MR) is 69.6 cm³/mol. The summed E-state index contributed by atoms with van der Waals surface area (Å²) in [6, 6.07) is -0.372. The monoisotopic (exact) mass is 270 g/mol. The summed E-state index contributed by atoms with van der Waals surface area (Å²) in [4.78, 5) is 27.3. The van der Waals surface area contributed by atoms with Gasteiger partial charge in [0.1, 0.15) is 11.9 Å². The maximum absolute atomic E-state index is 11.7. The van der Waals surface area contributed by atoms with E-state index in [4.69, 9.17) is 4.74 Å². The Morgan fingerprint density at radius 1 is 1.61 bits per heavy atom. The van der Waals surface area contributed by atoms with Gasteiger partial charge in [-0.25, -0.2) is 9.78 Å². The molecule has 1 N–H and O–H groups in total. The zero-order valence-corrected chi connectivity index (χ0v) is 11.8. The highest BCUT2D eigenvalue weighted by Gasteiger charge is 2.21. The van der Waals surface area contributed by atoms with Crippen molar-refractivity contribution >= 4 is 23.7 Å². The first kappa shape index (κ1) is 14.6. The number of ether oxygens (including phenoxy) is 1. The van der Waals surface area contributed by atoms with E-state index in [-0.39, 0.29) is 12.5 Å². The lowest BCUT2D eigenvalue weighted by Crippen LogP contribution is -2.34. The molecule has 1 aromatic heterocycles. The van der Waals surface area contributed by atoms with E-state index in [1.165, 1.54) is 11.3 Å². The molecular weight excluding hydrogens is 252 g/mol. The van der Waals surface area contributed by atoms with Crippen molar-refractivity contribution in [2.75, 3.05) is 0 Å². The van der Waals surface area contributed by atoms with Crippen LogP contribution < -0.4 is 5.32 Å². The van der Waals surface area contributed by atoms with Gasteiger partial charge in [-0.05, 0) is 27.7 Å². The highest BCUT2D eigenvalue weighted by Crippen LogP contribution is 2.23. The second-order valence-corrected chi connectivity index (χ2v) is 6.15. The molecule has 0 saturated heterocycles. The minimum atomic E-state index is -0.556. The minimum Gasteiger partial charge on any atom is -0.444 e. The summed E-state index contributed by atoms with van der Waals surface area (Å²) in [6.07, 6.45) is 2.13. The van der Waals surface area contributed by atoms with Crippen LogP contribution in [0, 0.1) is 6.92 Å². The number of alkyl carbamates (subject to hydrolysis) is 1. The SMILES string of the molecule is Cc1ncc([C@H](CC=O)NC(=O)OC(C)(C)C)s1. The minimum absolute atomic E-state index is 0.209. The number of aromatic nitrogens is 1. The largest absolute Gasteiger partial charge is 0.444 e. The topological polar surface area (TPSA) is 68.3 Å². The van der Waals surface area contributed by atoms with Crippen LogP contribution in [0.5, 0.6) is 0 Å². The third-order valence-electron chi connectivity index (χ3n) is 2.01. The first-order chi connectivity index (χ1) is 8.31. The molecule has 0 saturated carbocycles. The fraction of sp³-hybridized carbons (Fsp3) is 0.583. The summed E-state index contributed by atoms with van der Waals surface area (Å²) in [6.45, 7) is 7.24. The van der Waals surface area contributed by atoms with Crippen LogP contribution in [0.1, 0.15) is 43.1 Å². The van der Waals surface area contributed by atoms with Gasteiger partial charge in [-0.1, -0.05) is 0 Å². The molecule has 18 heavy (non-hydrogen) atoms. The van der Waals surface area contributed by atoms with Gasteiger partial charge in [-0.3, -0.25) is 0 Å². The lowest BCUT2D eigenvalue weighted by atomic mass is 10.2. The van der Waals surface area contributed by atoms with Crippen molar-refractivity contribution in [2.24, 2.45) is 0 Å². The molecule has 0 spiro atoms. The van der Waals surface area contributed by atoms with Crippen LogP contribution in [0.2, 0.25) is 0 Å². The number of carbonyl (C=O) groups excluding carboxylic acids is 2. The van der Waals surface area contributed by atoms with Gasteiger partial charge in [-0.2, -0.15) is 0 Å². The molecular formula is C12H18N2O3S. The van der Waals surface area contributed by atoms with Crippen molar-refractivity contribution in [1.29, 1.82) is 0 Å². The van der Waals surface area contributed by atoms with Crippen molar-refractivity contribution < 1.29 is 14.3 Å². The maximum Gasteiger partial charge on any atom is 0.408 e. The molecule has 100 valence electrons. The lowest BCUT2D eigenvalue weighted by Gasteiger charge is -2.22. The van der Waals surface area contributed by atoms with Gasteiger partial charge in [-0.15, -0.1) is 11.3 Å². The van der Waals surface area contributed by atoms with Gasteiger partial charge >= 0.3 is 6.09 Å². The van der Waals surface area contributed by atoms with Crippen LogP contribution in [0.4, 0.5) is 4.79 Å². The first-order valence-corrected chi connectivity index (χ1v) is 6.49. The molecule has 1 rings (SSSR count). The van der Waals surface area contributed by atoms with Crippen molar-refractivity contribution in [3.05, 3.63) is 16.1 Å². The van der Waals surface area contributed by atoms with Crippen molar-refractivity contribution in [3.63, 3.8) is 0 Å². The molecule has 6 heteroatoms. The average Bonchev–Trinajstić information content (AvgIpc) is 2.61. The first-order valence-electron chi connectivity index (χ1n) is 5.67. The molecule has 1 heterocycles. The van der Waals surface area contributed by atoms with Gasteiger partial charge in [0.25, 0.3) is 0 Å². The Hall–Kier alpha value is -1.43. The Labute approximate surface area is 111 Å². The summed E-state index contributed by atoms with van der Waals surface area (Å²) >= 11 is 1.46. The molecule has 1 amide bonds. The number of aldehydes is 1. The van der Waals surface area contributed by atoms with E-state index < -0.39 is 11.7 Å². The number of aryl methyl sites for hydroxylation is 1. The van der Waals surface area contributed by atoms with Crippen LogP contribution in [-0.2, 0) is 9.53 Å². The molecule has 0 fully saturated rings. The van der Waals surface area contributed by atoms with E-state index in [0.717, 1.165) is 16.2 Å². The number of thiazole rings is 1. The van der Waals surface area contributed by atoms with Crippen LogP contribution in [-0.4, -0.2) is 23.0 Å². The maximum atomic E-state index is 11.7. The van der Waals surface area contributed by atoms with Gasteiger partial charge < -0.3 is 14.8 Å². The Morgan fingerprint density at radius 2 is 2.28 bits per heavy atom. The van der Waals surface area contributed by atoms with E-state index in [0.29, 0.717) is 0 Å². The Bertz CT molecular complexity index is 423. The third-order valence-corrected chi connectivity index (χ3v) is 3.03. The Balaban J connectivity index is 2.69.